The Morgan fingerprint density at radius 3 is 2.95 bits per heavy atom. The van der Waals surface area contributed by atoms with Gasteiger partial charge in [-0.05, 0) is 49.9 Å². The van der Waals surface area contributed by atoms with Gasteiger partial charge in [0.25, 0.3) is 0 Å². The predicted octanol–water partition coefficient (Wildman–Crippen LogP) is 2.94. The number of carbonyl (C=O) groups excluding carboxylic acids is 1. The molecule has 118 valence electrons. The number of piperidine rings is 1. The fraction of sp³-hybridized carbons (Fsp3) is 0.529. The minimum Gasteiger partial charge on any atom is -0.350 e. The molecule has 5 heteroatoms. The molecule has 0 saturated carbocycles. The van der Waals surface area contributed by atoms with Gasteiger partial charge in [0.1, 0.15) is 5.01 Å². The van der Waals surface area contributed by atoms with E-state index in [2.05, 4.69) is 28.6 Å². The van der Waals surface area contributed by atoms with Crippen LogP contribution in [-0.4, -0.2) is 24.0 Å². The average Bonchev–Trinajstić information content (AvgIpc) is 2.96. The van der Waals surface area contributed by atoms with Crippen LogP contribution in [0.3, 0.4) is 0 Å². The highest BCUT2D eigenvalue weighted by Gasteiger charge is 2.21. The topological polar surface area (TPSA) is 54.0 Å². The highest BCUT2D eigenvalue weighted by molar-refractivity contribution is 7.18. The Hall–Kier alpha value is -1.46. The molecule has 4 nitrogen and oxygen atoms in total. The highest BCUT2D eigenvalue weighted by atomic mass is 32.1. The first kappa shape index (κ1) is 15.4. The molecule has 1 aliphatic rings. The molecule has 1 aromatic heterocycles. The van der Waals surface area contributed by atoms with E-state index in [1.54, 1.807) is 11.3 Å². The Morgan fingerprint density at radius 2 is 2.18 bits per heavy atom. The number of aromatic nitrogens is 1. The van der Waals surface area contributed by atoms with Crippen LogP contribution in [0.5, 0.6) is 0 Å². The van der Waals surface area contributed by atoms with Crippen molar-refractivity contribution in [2.75, 3.05) is 13.1 Å². The van der Waals surface area contributed by atoms with E-state index in [0.29, 0.717) is 24.8 Å². The standard InChI is InChI=1S/C17H23N3OS/c1-12(13-6-8-18-9-7-13)10-16(21)19-11-17-20-14-4-2-3-5-15(14)22-17/h2-5,12-13,18H,6-11H2,1H3,(H,19,21). The van der Waals surface area contributed by atoms with E-state index in [4.69, 9.17) is 0 Å². The minimum atomic E-state index is 0.144. The molecule has 0 radical (unpaired) electrons. The summed E-state index contributed by atoms with van der Waals surface area (Å²) < 4.78 is 1.18. The lowest BCUT2D eigenvalue weighted by Crippen LogP contribution is -2.33. The number of carbonyl (C=O) groups is 1. The van der Waals surface area contributed by atoms with Crippen molar-refractivity contribution in [2.45, 2.75) is 32.7 Å². The first-order chi connectivity index (χ1) is 10.7. The number of hydrogen-bond donors (Lipinski definition) is 2. The molecule has 1 unspecified atom stereocenters. The third-order valence-electron chi connectivity index (χ3n) is 4.47. The molecule has 0 aliphatic carbocycles. The largest absolute Gasteiger partial charge is 0.350 e. The average molecular weight is 317 g/mol. The molecule has 1 fully saturated rings. The van der Waals surface area contributed by atoms with Crippen LogP contribution >= 0.6 is 11.3 Å². The molecule has 1 atom stereocenters. The van der Waals surface area contributed by atoms with Crippen molar-refractivity contribution in [3.05, 3.63) is 29.3 Å². The van der Waals surface area contributed by atoms with Crippen molar-refractivity contribution in [2.24, 2.45) is 11.8 Å². The molecule has 0 spiro atoms. The number of benzene rings is 1. The molecule has 1 aromatic carbocycles. The summed E-state index contributed by atoms with van der Waals surface area (Å²) >= 11 is 1.65. The van der Waals surface area contributed by atoms with Crippen LogP contribution in [0.2, 0.25) is 0 Å². The quantitative estimate of drug-likeness (QED) is 0.891. The van der Waals surface area contributed by atoms with Gasteiger partial charge in [-0.25, -0.2) is 4.98 Å². The van der Waals surface area contributed by atoms with Gasteiger partial charge in [0.2, 0.25) is 5.91 Å². The lowest BCUT2D eigenvalue weighted by molar-refractivity contribution is -0.122. The first-order valence-corrected chi connectivity index (χ1v) is 8.86. The smallest absolute Gasteiger partial charge is 0.220 e. The summed E-state index contributed by atoms with van der Waals surface area (Å²) in [6.07, 6.45) is 2.99. The van der Waals surface area contributed by atoms with Crippen LogP contribution in [0, 0.1) is 11.8 Å². The van der Waals surface area contributed by atoms with Gasteiger partial charge in [-0.2, -0.15) is 0 Å². The second-order valence-corrected chi connectivity index (χ2v) is 7.24. The van der Waals surface area contributed by atoms with Gasteiger partial charge in [0, 0.05) is 6.42 Å². The molecule has 22 heavy (non-hydrogen) atoms. The van der Waals surface area contributed by atoms with E-state index in [1.807, 2.05) is 18.2 Å². The summed E-state index contributed by atoms with van der Waals surface area (Å²) in [5.74, 6) is 1.28. The number of thiazole rings is 1. The van der Waals surface area contributed by atoms with Crippen LogP contribution in [0.25, 0.3) is 10.2 Å². The lowest BCUT2D eigenvalue weighted by atomic mass is 9.84. The number of nitrogens with one attached hydrogen (secondary N) is 2. The summed E-state index contributed by atoms with van der Waals surface area (Å²) in [7, 11) is 0. The van der Waals surface area contributed by atoms with Gasteiger partial charge >= 0.3 is 0 Å². The fourth-order valence-electron chi connectivity index (χ4n) is 3.11. The lowest BCUT2D eigenvalue weighted by Gasteiger charge is -2.27. The van der Waals surface area contributed by atoms with Gasteiger partial charge in [0.05, 0.1) is 16.8 Å². The molecule has 1 amide bonds. The first-order valence-electron chi connectivity index (χ1n) is 8.04. The Kier molecular flexibility index (Phi) is 5.05. The summed E-state index contributed by atoms with van der Waals surface area (Å²) in [5, 5.41) is 7.37. The van der Waals surface area contributed by atoms with E-state index < -0.39 is 0 Å². The third-order valence-corrected chi connectivity index (χ3v) is 5.51. The van der Waals surface area contributed by atoms with E-state index in [9.17, 15) is 4.79 Å². The molecule has 1 saturated heterocycles. The second-order valence-electron chi connectivity index (χ2n) is 6.12. The Morgan fingerprint density at radius 1 is 1.41 bits per heavy atom. The fourth-order valence-corrected chi connectivity index (χ4v) is 4.02. The second kappa shape index (κ2) is 7.20. The van der Waals surface area contributed by atoms with Crippen LogP contribution < -0.4 is 10.6 Å². The van der Waals surface area contributed by atoms with Crippen molar-refractivity contribution < 1.29 is 4.79 Å². The molecule has 0 bridgehead atoms. The number of hydrogen-bond acceptors (Lipinski definition) is 4. The van der Waals surface area contributed by atoms with Crippen LogP contribution in [0.1, 0.15) is 31.2 Å². The SMILES string of the molecule is CC(CC(=O)NCc1nc2ccccc2s1)C1CCNCC1. The Balaban J connectivity index is 1.49. The van der Waals surface area contributed by atoms with Crippen LogP contribution in [0.15, 0.2) is 24.3 Å². The molecule has 3 rings (SSSR count). The molecular weight excluding hydrogens is 294 g/mol. The van der Waals surface area contributed by atoms with Gasteiger partial charge in [-0.1, -0.05) is 19.1 Å². The zero-order chi connectivity index (χ0) is 15.4. The van der Waals surface area contributed by atoms with Crippen molar-refractivity contribution in [1.82, 2.24) is 15.6 Å². The van der Waals surface area contributed by atoms with E-state index in [-0.39, 0.29) is 5.91 Å². The number of para-hydroxylation sites is 1. The molecule has 1 aliphatic heterocycles. The Bertz CT molecular complexity index is 601. The van der Waals surface area contributed by atoms with Gasteiger partial charge in [0.15, 0.2) is 0 Å². The van der Waals surface area contributed by atoms with Gasteiger partial charge in [-0.3, -0.25) is 4.79 Å². The highest BCUT2D eigenvalue weighted by Crippen LogP contribution is 2.24. The van der Waals surface area contributed by atoms with Gasteiger partial charge in [-0.15, -0.1) is 11.3 Å². The maximum atomic E-state index is 12.1. The van der Waals surface area contributed by atoms with Crippen molar-refractivity contribution >= 4 is 27.5 Å². The van der Waals surface area contributed by atoms with Gasteiger partial charge < -0.3 is 10.6 Å². The molecule has 2 heterocycles. The van der Waals surface area contributed by atoms with Crippen molar-refractivity contribution in [3.63, 3.8) is 0 Å². The molecular formula is C17H23N3OS. The number of rotatable bonds is 5. The predicted molar refractivity (Wildman–Crippen MR) is 90.8 cm³/mol. The summed E-state index contributed by atoms with van der Waals surface area (Å²) in [6.45, 7) is 4.91. The number of nitrogens with zero attached hydrogens (tertiary/aromatic N) is 1. The zero-order valence-corrected chi connectivity index (χ0v) is 13.8. The summed E-state index contributed by atoms with van der Waals surface area (Å²) in [5.41, 5.74) is 1.01. The van der Waals surface area contributed by atoms with E-state index >= 15 is 0 Å². The summed E-state index contributed by atoms with van der Waals surface area (Å²) in [6, 6.07) is 8.09. The normalized spacial score (nSPS) is 17.5. The van der Waals surface area contributed by atoms with Crippen LogP contribution in [0.4, 0.5) is 0 Å². The molecule has 2 N–H and O–H groups in total. The maximum Gasteiger partial charge on any atom is 0.220 e. The Labute approximate surface area is 135 Å². The third kappa shape index (κ3) is 3.84. The van der Waals surface area contributed by atoms with Crippen molar-refractivity contribution in [1.29, 1.82) is 0 Å². The van der Waals surface area contributed by atoms with E-state index in [0.717, 1.165) is 23.6 Å². The summed E-state index contributed by atoms with van der Waals surface area (Å²) in [4.78, 5) is 16.7. The molecule has 2 aromatic rings. The maximum absolute atomic E-state index is 12.1. The zero-order valence-electron chi connectivity index (χ0n) is 13.0. The number of amides is 1. The monoisotopic (exact) mass is 317 g/mol. The van der Waals surface area contributed by atoms with Crippen LogP contribution in [-0.2, 0) is 11.3 Å². The minimum absolute atomic E-state index is 0.144. The van der Waals surface area contributed by atoms with E-state index in [1.165, 1.54) is 17.5 Å². The van der Waals surface area contributed by atoms with Crippen molar-refractivity contribution in [3.8, 4) is 0 Å². The number of fused-ring (bicyclic) bond motifs is 1.